The highest BCUT2D eigenvalue weighted by molar-refractivity contribution is 7.90. The van der Waals surface area contributed by atoms with Gasteiger partial charge in [0.05, 0.1) is 21.4 Å². The van der Waals surface area contributed by atoms with E-state index in [1.165, 1.54) is 36.4 Å². The summed E-state index contributed by atoms with van der Waals surface area (Å²) in [5.41, 5.74) is -1.89. The molecule has 0 amide bonds. The van der Waals surface area contributed by atoms with Gasteiger partial charge in [-0.3, -0.25) is 9.78 Å². The maximum absolute atomic E-state index is 13.0. The molecule has 0 radical (unpaired) electrons. The van der Waals surface area contributed by atoms with Crippen molar-refractivity contribution in [3.05, 3.63) is 86.5 Å². The molecule has 1 N–H and O–H groups in total. The summed E-state index contributed by atoms with van der Waals surface area (Å²) in [7, 11) is -4.38. The van der Waals surface area contributed by atoms with Gasteiger partial charge in [-0.15, -0.1) is 0 Å². The van der Waals surface area contributed by atoms with Crippen LogP contribution in [0.1, 0.15) is 10.4 Å². The topological polar surface area (TPSA) is 115 Å². The molecule has 0 aliphatic heterocycles. The van der Waals surface area contributed by atoms with Crippen molar-refractivity contribution in [2.45, 2.75) is 4.90 Å². The van der Waals surface area contributed by atoms with Crippen molar-refractivity contribution >= 4 is 38.5 Å². The molecule has 3 aromatic rings. The van der Waals surface area contributed by atoms with Crippen LogP contribution in [0.3, 0.4) is 0 Å². The number of carbonyl (C=O) groups excluding carboxylic acids is 1. The SMILES string of the molecule is C=CCOC(=O)c1ccc(S(=O)(=O)n2c(=O)[nH]c(=O)c3ccc(Cl)cc32)cc1. The first-order chi connectivity index (χ1) is 13.3. The molecule has 0 atom stereocenters. The predicted molar refractivity (Wildman–Crippen MR) is 103 cm³/mol. The van der Waals surface area contributed by atoms with E-state index in [1.807, 2.05) is 4.98 Å². The first kappa shape index (κ1) is 19.6. The molecule has 1 aromatic heterocycles. The Morgan fingerprint density at radius 3 is 2.50 bits per heavy atom. The summed E-state index contributed by atoms with van der Waals surface area (Å²) >= 11 is 5.91. The summed E-state index contributed by atoms with van der Waals surface area (Å²) in [6.07, 6.45) is 1.40. The van der Waals surface area contributed by atoms with Crippen molar-refractivity contribution in [3.63, 3.8) is 0 Å². The predicted octanol–water partition coefficient (Wildman–Crippen LogP) is 1.92. The molecule has 10 heteroatoms. The van der Waals surface area contributed by atoms with Gasteiger partial charge in [0.1, 0.15) is 6.61 Å². The molecule has 28 heavy (non-hydrogen) atoms. The maximum Gasteiger partial charge on any atom is 0.343 e. The van der Waals surface area contributed by atoms with Crippen molar-refractivity contribution in [2.24, 2.45) is 0 Å². The van der Waals surface area contributed by atoms with E-state index in [0.29, 0.717) is 3.97 Å². The number of fused-ring (bicyclic) bond motifs is 1. The second-order valence-electron chi connectivity index (χ2n) is 5.60. The van der Waals surface area contributed by atoms with Gasteiger partial charge < -0.3 is 4.74 Å². The molecular weight excluding hydrogens is 408 g/mol. The van der Waals surface area contributed by atoms with Crippen LogP contribution in [-0.4, -0.2) is 30.0 Å². The van der Waals surface area contributed by atoms with Gasteiger partial charge in [0.2, 0.25) is 0 Å². The summed E-state index contributed by atoms with van der Waals surface area (Å²) in [6, 6.07) is 8.77. The average Bonchev–Trinajstić information content (AvgIpc) is 2.65. The van der Waals surface area contributed by atoms with Gasteiger partial charge in [0.25, 0.3) is 15.6 Å². The van der Waals surface area contributed by atoms with Crippen molar-refractivity contribution in [3.8, 4) is 0 Å². The molecule has 0 fully saturated rings. The Balaban J connectivity index is 2.15. The molecule has 0 saturated heterocycles. The summed E-state index contributed by atoms with van der Waals surface area (Å²) < 4.78 is 31.4. The third-order valence-corrected chi connectivity index (χ3v) is 5.73. The van der Waals surface area contributed by atoms with Crippen LogP contribution in [0.2, 0.25) is 5.02 Å². The highest BCUT2D eigenvalue weighted by Crippen LogP contribution is 2.20. The van der Waals surface area contributed by atoms with E-state index in [1.54, 1.807) is 0 Å². The number of aromatic amines is 1. The number of aromatic nitrogens is 2. The van der Waals surface area contributed by atoms with Gasteiger partial charge in [0, 0.05) is 5.02 Å². The highest BCUT2D eigenvalue weighted by Gasteiger charge is 2.23. The zero-order valence-electron chi connectivity index (χ0n) is 14.2. The number of ether oxygens (including phenoxy) is 1. The lowest BCUT2D eigenvalue weighted by Gasteiger charge is -2.11. The minimum absolute atomic E-state index is 0.0123. The minimum Gasteiger partial charge on any atom is -0.458 e. The molecule has 0 aliphatic rings. The fourth-order valence-corrected chi connectivity index (χ4v) is 4.05. The van der Waals surface area contributed by atoms with Crippen molar-refractivity contribution in [2.75, 3.05) is 6.61 Å². The minimum atomic E-state index is -4.38. The number of carbonyl (C=O) groups is 1. The Morgan fingerprint density at radius 1 is 1.18 bits per heavy atom. The molecule has 0 unspecified atom stereocenters. The second kappa shape index (κ2) is 7.45. The fourth-order valence-electron chi connectivity index (χ4n) is 2.51. The van der Waals surface area contributed by atoms with E-state index < -0.39 is 27.2 Å². The lowest BCUT2D eigenvalue weighted by Crippen LogP contribution is -2.34. The van der Waals surface area contributed by atoms with Gasteiger partial charge in [-0.05, 0) is 42.5 Å². The van der Waals surface area contributed by atoms with Crippen LogP contribution in [-0.2, 0) is 14.8 Å². The monoisotopic (exact) mass is 420 g/mol. The lowest BCUT2D eigenvalue weighted by molar-refractivity contribution is 0.0549. The number of halogens is 1. The number of hydrogen-bond acceptors (Lipinski definition) is 6. The summed E-state index contributed by atoms with van der Waals surface area (Å²) in [5, 5.41) is 0.138. The average molecular weight is 421 g/mol. The van der Waals surface area contributed by atoms with Crippen LogP contribution in [0, 0.1) is 0 Å². The molecule has 1 heterocycles. The molecular formula is C18H13ClN2O6S. The van der Waals surface area contributed by atoms with Crippen LogP contribution in [0.25, 0.3) is 10.9 Å². The largest absolute Gasteiger partial charge is 0.458 e. The second-order valence-corrected chi connectivity index (χ2v) is 7.82. The third-order valence-electron chi connectivity index (χ3n) is 3.79. The summed E-state index contributed by atoms with van der Waals surface area (Å²) in [6.45, 7) is 3.44. The van der Waals surface area contributed by atoms with E-state index >= 15 is 0 Å². The van der Waals surface area contributed by atoms with E-state index in [0.717, 1.165) is 12.1 Å². The van der Waals surface area contributed by atoms with Gasteiger partial charge >= 0.3 is 11.7 Å². The van der Waals surface area contributed by atoms with E-state index in [9.17, 15) is 22.8 Å². The Kier molecular flexibility index (Phi) is 5.21. The van der Waals surface area contributed by atoms with Crippen molar-refractivity contribution < 1.29 is 17.9 Å². The van der Waals surface area contributed by atoms with Crippen LogP contribution < -0.4 is 11.2 Å². The molecule has 0 spiro atoms. The number of benzene rings is 2. The molecule has 0 bridgehead atoms. The molecule has 2 aromatic carbocycles. The Bertz CT molecular complexity index is 1310. The third kappa shape index (κ3) is 3.49. The normalized spacial score (nSPS) is 11.3. The van der Waals surface area contributed by atoms with Gasteiger partial charge in [-0.2, -0.15) is 3.97 Å². The van der Waals surface area contributed by atoms with Crippen LogP contribution in [0.15, 0.2) is 69.6 Å². The standard InChI is InChI=1S/C18H13ClN2O6S/c1-2-9-27-17(23)11-3-6-13(7-4-11)28(25,26)21-15-10-12(19)5-8-14(15)16(22)20-18(21)24/h2-8,10H,1,9H2,(H,20,22,24). The first-order valence-electron chi connectivity index (χ1n) is 7.84. The maximum atomic E-state index is 13.0. The van der Waals surface area contributed by atoms with E-state index in [2.05, 4.69) is 6.58 Å². The number of esters is 1. The lowest BCUT2D eigenvalue weighted by atomic mass is 10.2. The Labute approximate surface area is 163 Å². The number of nitrogens with one attached hydrogen (secondary N) is 1. The van der Waals surface area contributed by atoms with Crippen LogP contribution in [0.5, 0.6) is 0 Å². The molecule has 3 rings (SSSR count). The fraction of sp³-hybridized carbons (Fsp3) is 0.0556. The Hall–Kier alpha value is -3.17. The number of H-pyrrole nitrogens is 1. The smallest absolute Gasteiger partial charge is 0.343 e. The number of hydrogen-bond donors (Lipinski definition) is 1. The summed E-state index contributed by atoms with van der Waals surface area (Å²) in [4.78, 5) is 37.8. The zero-order chi connectivity index (χ0) is 20.5. The first-order valence-corrected chi connectivity index (χ1v) is 9.66. The van der Waals surface area contributed by atoms with Crippen LogP contribution >= 0.6 is 11.6 Å². The number of rotatable bonds is 5. The molecule has 0 aliphatic carbocycles. The Morgan fingerprint density at radius 2 is 1.86 bits per heavy atom. The molecule has 8 nitrogen and oxygen atoms in total. The van der Waals surface area contributed by atoms with Gasteiger partial charge in [-0.25, -0.2) is 18.0 Å². The highest BCUT2D eigenvalue weighted by atomic mass is 35.5. The van der Waals surface area contributed by atoms with E-state index in [-0.39, 0.29) is 33.0 Å². The van der Waals surface area contributed by atoms with Crippen LogP contribution in [0.4, 0.5) is 0 Å². The van der Waals surface area contributed by atoms with Gasteiger partial charge in [0.15, 0.2) is 0 Å². The van der Waals surface area contributed by atoms with Crippen molar-refractivity contribution in [1.29, 1.82) is 0 Å². The molecule has 144 valence electrons. The quantitative estimate of drug-likeness (QED) is 0.498. The summed E-state index contributed by atoms with van der Waals surface area (Å²) in [5.74, 6) is -0.651. The molecule has 0 saturated carbocycles. The number of nitrogens with zero attached hydrogens (tertiary/aromatic N) is 1. The van der Waals surface area contributed by atoms with Gasteiger partial charge in [-0.1, -0.05) is 24.3 Å². The zero-order valence-corrected chi connectivity index (χ0v) is 15.8. The van der Waals surface area contributed by atoms with Crippen molar-refractivity contribution in [1.82, 2.24) is 8.96 Å². The van der Waals surface area contributed by atoms with E-state index in [4.69, 9.17) is 16.3 Å².